The molecule has 1 aromatic carbocycles. The van der Waals surface area contributed by atoms with Gasteiger partial charge in [0.1, 0.15) is 0 Å². The molecule has 0 aromatic heterocycles. The fourth-order valence-corrected chi connectivity index (χ4v) is 2.11. The number of amides is 1. The zero-order chi connectivity index (χ0) is 10.1. The van der Waals surface area contributed by atoms with Crippen molar-refractivity contribution < 1.29 is 4.79 Å². The average Bonchev–Trinajstić information content (AvgIpc) is 2.51. The fraction of sp³-hybridized carbons (Fsp3) is 0.417. The van der Waals surface area contributed by atoms with Gasteiger partial charge >= 0.3 is 0 Å². The number of carbonyl (C=O) groups is 1. The third-order valence-electron chi connectivity index (χ3n) is 2.84. The van der Waals surface area contributed by atoms with Gasteiger partial charge in [-0.15, -0.1) is 0 Å². The third-order valence-corrected chi connectivity index (χ3v) is 2.84. The lowest BCUT2D eigenvalue weighted by Gasteiger charge is -2.11. The average molecular weight is 189 g/mol. The smallest absolute Gasteiger partial charge is 0.220 e. The Morgan fingerprint density at radius 2 is 2.14 bits per heavy atom. The van der Waals surface area contributed by atoms with Crippen molar-refractivity contribution in [2.24, 2.45) is 0 Å². The first-order valence-electron chi connectivity index (χ1n) is 5.00. The normalized spacial score (nSPS) is 21.0. The van der Waals surface area contributed by atoms with Gasteiger partial charge < -0.3 is 5.32 Å². The van der Waals surface area contributed by atoms with Crippen LogP contribution < -0.4 is 5.32 Å². The zero-order valence-corrected chi connectivity index (χ0v) is 8.63. The highest BCUT2D eigenvalue weighted by molar-refractivity contribution is 5.79. The van der Waals surface area contributed by atoms with Crippen molar-refractivity contribution in [3.63, 3.8) is 0 Å². The molecule has 0 radical (unpaired) electrons. The van der Waals surface area contributed by atoms with Crippen LogP contribution in [0.5, 0.6) is 0 Å². The Balaban J connectivity index is 2.28. The van der Waals surface area contributed by atoms with Gasteiger partial charge in [0.2, 0.25) is 5.91 Å². The van der Waals surface area contributed by atoms with E-state index in [9.17, 15) is 4.79 Å². The maximum atomic E-state index is 11.1. The minimum absolute atomic E-state index is 0.176. The summed E-state index contributed by atoms with van der Waals surface area (Å²) >= 11 is 0. The second kappa shape index (κ2) is 3.45. The number of nitrogens with one attached hydrogen (secondary N) is 1. The summed E-state index contributed by atoms with van der Waals surface area (Å²) in [6, 6.07) is 6.44. The summed E-state index contributed by atoms with van der Waals surface area (Å²) in [6.07, 6.45) is 0.643. The third kappa shape index (κ3) is 1.65. The van der Waals surface area contributed by atoms with Crippen molar-refractivity contribution in [3.05, 3.63) is 34.9 Å². The molecule has 2 heteroatoms. The molecule has 1 amide bonds. The van der Waals surface area contributed by atoms with Crippen molar-refractivity contribution in [3.8, 4) is 0 Å². The van der Waals surface area contributed by atoms with E-state index < -0.39 is 0 Å². The van der Waals surface area contributed by atoms with Gasteiger partial charge in [0.15, 0.2) is 0 Å². The van der Waals surface area contributed by atoms with E-state index in [1.165, 1.54) is 16.7 Å². The van der Waals surface area contributed by atoms with Gasteiger partial charge in [-0.1, -0.05) is 23.8 Å². The van der Waals surface area contributed by atoms with Crippen LogP contribution in [0.15, 0.2) is 18.2 Å². The van der Waals surface area contributed by atoms with Crippen LogP contribution in [0.3, 0.4) is 0 Å². The summed E-state index contributed by atoms with van der Waals surface area (Å²) in [5.41, 5.74) is 3.89. The van der Waals surface area contributed by atoms with E-state index in [0.29, 0.717) is 12.3 Å². The summed E-state index contributed by atoms with van der Waals surface area (Å²) in [7, 11) is 0. The number of hydrogen-bond donors (Lipinski definition) is 1. The van der Waals surface area contributed by atoms with E-state index >= 15 is 0 Å². The highest BCUT2D eigenvalue weighted by atomic mass is 16.1. The van der Waals surface area contributed by atoms with Gasteiger partial charge in [-0.25, -0.2) is 0 Å². The van der Waals surface area contributed by atoms with E-state index in [1.54, 1.807) is 0 Å². The fourth-order valence-electron chi connectivity index (χ4n) is 2.11. The van der Waals surface area contributed by atoms with Crippen molar-refractivity contribution in [1.29, 1.82) is 0 Å². The monoisotopic (exact) mass is 189 g/mol. The standard InChI is InChI=1S/C12H15NO/c1-8-3-4-11(9(2)5-8)10-6-12(14)13-7-10/h3-5,10H,6-7H2,1-2H3,(H,13,14)/t10-/m0/s1. The van der Waals surface area contributed by atoms with Crippen LogP contribution in [0, 0.1) is 13.8 Å². The second-order valence-electron chi connectivity index (χ2n) is 4.07. The van der Waals surface area contributed by atoms with Crippen LogP contribution in [-0.2, 0) is 4.79 Å². The number of benzene rings is 1. The lowest BCUT2D eigenvalue weighted by atomic mass is 9.93. The Labute approximate surface area is 84.3 Å². The van der Waals surface area contributed by atoms with Crippen LogP contribution >= 0.6 is 0 Å². The van der Waals surface area contributed by atoms with Crippen LogP contribution in [0.25, 0.3) is 0 Å². The van der Waals surface area contributed by atoms with Crippen LogP contribution in [0.1, 0.15) is 29.0 Å². The molecular formula is C12H15NO. The molecule has 1 saturated heterocycles. The van der Waals surface area contributed by atoms with Crippen LogP contribution in [0.4, 0.5) is 0 Å². The highest BCUT2D eigenvalue weighted by Crippen LogP contribution is 2.26. The summed E-state index contributed by atoms with van der Waals surface area (Å²) in [5, 5.41) is 2.87. The minimum Gasteiger partial charge on any atom is -0.355 e. The molecule has 1 heterocycles. The first kappa shape index (κ1) is 9.25. The van der Waals surface area contributed by atoms with Gasteiger partial charge in [0.05, 0.1) is 0 Å². The molecule has 2 nitrogen and oxygen atoms in total. The number of aryl methyl sites for hydroxylation is 2. The van der Waals surface area contributed by atoms with Crippen molar-refractivity contribution in [2.75, 3.05) is 6.54 Å². The van der Waals surface area contributed by atoms with E-state index in [2.05, 4.69) is 37.4 Å². The molecular weight excluding hydrogens is 174 g/mol. The molecule has 0 saturated carbocycles. The van der Waals surface area contributed by atoms with Gasteiger partial charge in [-0.3, -0.25) is 4.79 Å². The molecule has 1 aliphatic heterocycles. The maximum Gasteiger partial charge on any atom is 0.220 e. The molecule has 1 N–H and O–H groups in total. The molecule has 74 valence electrons. The first-order chi connectivity index (χ1) is 6.66. The number of hydrogen-bond acceptors (Lipinski definition) is 1. The molecule has 0 unspecified atom stereocenters. The lowest BCUT2D eigenvalue weighted by Crippen LogP contribution is -2.13. The van der Waals surface area contributed by atoms with Crippen molar-refractivity contribution in [1.82, 2.24) is 5.32 Å². The number of rotatable bonds is 1. The predicted molar refractivity (Wildman–Crippen MR) is 56.3 cm³/mol. The second-order valence-corrected chi connectivity index (χ2v) is 4.07. The highest BCUT2D eigenvalue weighted by Gasteiger charge is 2.23. The Morgan fingerprint density at radius 1 is 1.36 bits per heavy atom. The van der Waals surface area contributed by atoms with Crippen LogP contribution in [0.2, 0.25) is 0 Å². The Morgan fingerprint density at radius 3 is 2.71 bits per heavy atom. The molecule has 1 aliphatic rings. The molecule has 0 bridgehead atoms. The van der Waals surface area contributed by atoms with E-state index in [4.69, 9.17) is 0 Å². The quantitative estimate of drug-likeness (QED) is 0.718. The van der Waals surface area contributed by atoms with E-state index in [0.717, 1.165) is 6.54 Å². The Bertz CT molecular complexity index is 371. The van der Waals surface area contributed by atoms with Crippen LogP contribution in [-0.4, -0.2) is 12.5 Å². The molecule has 1 atom stereocenters. The maximum absolute atomic E-state index is 11.1. The molecule has 1 fully saturated rings. The zero-order valence-electron chi connectivity index (χ0n) is 8.63. The van der Waals surface area contributed by atoms with Gasteiger partial charge in [0, 0.05) is 18.9 Å². The molecule has 1 aromatic rings. The Hall–Kier alpha value is -1.31. The summed E-state index contributed by atoms with van der Waals surface area (Å²) in [4.78, 5) is 11.1. The molecule has 2 rings (SSSR count). The van der Waals surface area contributed by atoms with Gasteiger partial charge in [0.25, 0.3) is 0 Å². The first-order valence-corrected chi connectivity index (χ1v) is 5.00. The summed E-state index contributed by atoms with van der Waals surface area (Å²) in [5.74, 6) is 0.554. The van der Waals surface area contributed by atoms with E-state index in [-0.39, 0.29) is 5.91 Å². The predicted octanol–water partition coefficient (Wildman–Crippen LogP) is 1.91. The molecule has 0 spiro atoms. The van der Waals surface area contributed by atoms with Gasteiger partial charge in [-0.2, -0.15) is 0 Å². The molecule has 14 heavy (non-hydrogen) atoms. The topological polar surface area (TPSA) is 29.1 Å². The largest absolute Gasteiger partial charge is 0.355 e. The summed E-state index contributed by atoms with van der Waals surface area (Å²) in [6.45, 7) is 5.00. The van der Waals surface area contributed by atoms with Gasteiger partial charge in [-0.05, 0) is 25.0 Å². The SMILES string of the molecule is Cc1ccc([C@@H]2CNC(=O)C2)c(C)c1. The lowest BCUT2D eigenvalue weighted by molar-refractivity contribution is -0.119. The van der Waals surface area contributed by atoms with Crippen molar-refractivity contribution in [2.45, 2.75) is 26.2 Å². The molecule has 0 aliphatic carbocycles. The summed E-state index contributed by atoms with van der Waals surface area (Å²) < 4.78 is 0. The minimum atomic E-state index is 0.176. The number of carbonyl (C=O) groups excluding carboxylic acids is 1. The van der Waals surface area contributed by atoms with E-state index in [1.807, 2.05) is 0 Å². The van der Waals surface area contributed by atoms with Crippen molar-refractivity contribution >= 4 is 5.91 Å². The Kier molecular flexibility index (Phi) is 2.28.